The number of nitrogens with zero attached hydrogens (tertiary/aromatic N) is 2. The van der Waals surface area contributed by atoms with Gasteiger partial charge >= 0.3 is 0 Å². The molecule has 2 N–H and O–H groups in total. The first kappa shape index (κ1) is 35.7. The number of rotatable bonds is 10. The van der Waals surface area contributed by atoms with Crippen LogP contribution < -0.4 is 10.6 Å². The molecule has 0 radical (unpaired) electrons. The minimum absolute atomic E-state index is 0.373. The van der Waals surface area contributed by atoms with Crippen LogP contribution in [-0.4, -0.2) is 30.6 Å². The van der Waals surface area contributed by atoms with E-state index in [-0.39, 0.29) is 0 Å². The van der Waals surface area contributed by atoms with Crippen LogP contribution in [0.1, 0.15) is 90.0 Å². The van der Waals surface area contributed by atoms with E-state index in [0.29, 0.717) is 23.8 Å². The van der Waals surface area contributed by atoms with Gasteiger partial charge in [-0.1, -0.05) is 115 Å². The molecule has 1 saturated carbocycles. The molecular weight excluding hydrogens is 607 g/mol. The Balaban J connectivity index is 1.35. The lowest BCUT2D eigenvalue weighted by molar-refractivity contribution is 0.311. The third kappa shape index (κ3) is 8.98. The fourth-order valence-electron chi connectivity index (χ4n) is 8.54. The smallest absolute Gasteiger partial charge is 0.0443 e. The quantitative estimate of drug-likeness (QED) is 0.274. The Bertz CT molecular complexity index is 1660. The highest BCUT2D eigenvalue weighted by Crippen LogP contribution is 2.45. The molecule has 0 spiro atoms. The molecule has 1 aliphatic heterocycles. The van der Waals surface area contributed by atoms with E-state index < -0.39 is 0 Å². The summed E-state index contributed by atoms with van der Waals surface area (Å²) >= 11 is 0. The maximum atomic E-state index is 5.81. The second-order valence-electron chi connectivity index (χ2n) is 14.9. The molecular formula is C47H59N3. The van der Waals surface area contributed by atoms with Crippen LogP contribution >= 0.6 is 0 Å². The van der Waals surface area contributed by atoms with Crippen LogP contribution in [0.2, 0.25) is 0 Å². The second-order valence-corrected chi connectivity index (χ2v) is 14.9. The lowest BCUT2D eigenvalue weighted by atomic mass is 9.71. The maximum Gasteiger partial charge on any atom is 0.0443 e. The molecule has 0 saturated heterocycles. The molecule has 0 amide bonds. The van der Waals surface area contributed by atoms with Gasteiger partial charge in [0.1, 0.15) is 0 Å². The van der Waals surface area contributed by atoms with Crippen LogP contribution in [0, 0.1) is 11.8 Å². The summed E-state index contributed by atoms with van der Waals surface area (Å²) in [4.78, 5) is 5.28. The van der Waals surface area contributed by atoms with Gasteiger partial charge in [0, 0.05) is 36.2 Å². The molecule has 4 aliphatic rings. The number of allylic oxidation sites excluding steroid dienone is 13. The molecule has 2 aromatic carbocycles. The van der Waals surface area contributed by atoms with E-state index >= 15 is 0 Å². The van der Waals surface area contributed by atoms with Crippen molar-refractivity contribution in [3.05, 3.63) is 161 Å². The summed E-state index contributed by atoms with van der Waals surface area (Å²) in [5.74, 6) is 1.71. The van der Waals surface area contributed by atoms with Gasteiger partial charge in [0.25, 0.3) is 0 Å². The number of anilines is 1. The van der Waals surface area contributed by atoms with E-state index in [9.17, 15) is 0 Å². The van der Waals surface area contributed by atoms with E-state index in [1.165, 1.54) is 59.5 Å². The van der Waals surface area contributed by atoms with Crippen LogP contribution in [0.4, 0.5) is 5.69 Å². The molecule has 4 unspecified atom stereocenters. The number of hydrogen-bond acceptors (Lipinski definition) is 3. The zero-order valence-electron chi connectivity index (χ0n) is 30.8. The minimum Gasteiger partial charge on any atom is -0.367 e. The Kier molecular flexibility index (Phi) is 12.7. The van der Waals surface area contributed by atoms with Crippen LogP contribution in [0.5, 0.6) is 0 Å². The maximum absolute atomic E-state index is 5.81. The molecule has 4 atom stereocenters. The fraction of sp³-hybridized carbons (Fsp3) is 0.404. The van der Waals surface area contributed by atoms with Crippen LogP contribution in [-0.2, 0) is 0 Å². The largest absolute Gasteiger partial charge is 0.367 e. The van der Waals surface area contributed by atoms with E-state index in [1.54, 1.807) is 11.1 Å². The minimum atomic E-state index is 0.373. The van der Waals surface area contributed by atoms with Crippen molar-refractivity contribution in [2.24, 2.45) is 17.6 Å². The summed E-state index contributed by atoms with van der Waals surface area (Å²) in [6, 6.07) is 22.9. The lowest BCUT2D eigenvalue weighted by Gasteiger charge is -2.44. The Morgan fingerprint density at radius 2 is 1.52 bits per heavy atom. The third-order valence-electron chi connectivity index (χ3n) is 11.6. The van der Waals surface area contributed by atoms with Gasteiger partial charge in [-0.05, 0) is 137 Å². The van der Waals surface area contributed by atoms with Gasteiger partial charge in [-0.2, -0.15) is 0 Å². The van der Waals surface area contributed by atoms with Crippen molar-refractivity contribution in [1.82, 2.24) is 4.90 Å². The van der Waals surface area contributed by atoms with Gasteiger partial charge in [0.15, 0.2) is 0 Å². The predicted molar refractivity (Wildman–Crippen MR) is 215 cm³/mol. The Morgan fingerprint density at radius 3 is 2.24 bits per heavy atom. The molecule has 3 nitrogen and oxygen atoms in total. The third-order valence-corrected chi connectivity index (χ3v) is 11.6. The molecule has 0 bridgehead atoms. The topological polar surface area (TPSA) is 32.5 Å². The van der Waals surface area contributed by atoms with Crippen LogP contribution in [0.3, 0.4) is 0 Å². The fourth-order valence-corrected chi connectivity index (χ4v) is 8.54. The average molecular weight is 666 g/mol. The number of para-hydroxylation sites is 1. The van der Waals surface area contributed by atoms with Crippen molar-refractivity contribution < 1.29 is 0 Å². The monoisotopic (exact) mass is 665 g/mol. The van der Waals surface area contributed by atoms with E-state index in [1.807, 2.05) is 0 Å². The van der Waals surface area contributed by atoms with Gasteiger partial charge in [-0.3, -0.25) is 0 Å². The summed E-state index contributed by atoms with van der Waals surface area (Å²) in [6.45, 7) is 9.55. The van der Waals surface area contributed by atoms with Gasteiger partial charge in [0.2, 0.25) is 0 Å². The molecule has 2 aromatic rings. The van der Waals surface area contributed by atoms with Gasteiger partial charge in [-0.25, -0.2) is 0 Å². The van der Waals surface area contributed by atoms with E-state index in [0.717, 1.165) is 51.7 Å². The first-order valence-electron chi connectivity index (χ1n) is 19.3. The zero-order chi connectivity index (χ0) is 34.7. The second kappa shape index (κ2) is 17.7. The summed E-state index contributed by atoms with van der Waals surface area (Å²) in [5, 5.41) is 0. The highest BCUT2D eigenvalue weighted by molar-refractivity contribution is 5.59. The van der Waals surface area contributed by atoms with Crippen LogP contribution in [0.15, 0.2) is 155 Å². The Morgan fingerprint density at radius 1 is 0.780 bits per heavy atom. The Labute approximate surface area is 303 Å². The molecule has 0 aromatic heterocycles. The molecule has 1 heterocycles. The average Bonchev–Trinajstić information content (AvgIpc) is 3.20. The van der Waals surface area contributed by atoms with Crippen molar-refractivity contribution >= 4 is 5.69 Å². The van der Waals surface area contributed by atoms with Crippen LogP contribution in [0.25, 0.3) is 0 Å². The summed E-state index contributed by atoms with van der Waals surface area (Å²) in [6.07, 6.45) is 34.0. The lowest BCUT2D eigenvalue weighted by Crippen LogP contribution is -2.41. The summed E-state index contributed by atoms with van der Waals surface area (Å²) in [5.41, 5.74) is 17.2. The number of hydrogen-bond donors (Lipinski definition) is 1. The normalized spacial score (nSPS) is 27.5. The van der Waals surface area contributed by atoms with E-state index in [2.05, 4.69) is 152 Å². The first-order chi connectivity index (χ1) is 24.5. The SMILES string of the molecule is CC1=C(N(c2ccccc2)C2CC(C3=CC=CCC3)CC(c3ccccc3)C2)\C=C/CN(C2=CC=C(C(C)CCCN)CC2)C/C=C\C=C\1C. The molecule has 262 valence electrons. The molecule has 50 heavy (non-hydrogen) atoms. The number of benzene rings is 2. The van der Waals surface area contributed by atoms with Crippen molar-refractivity contribution in [2.45, 2.75) is 90.5 Å². The van der Waals surface area contributed by atoms with Crippen molar-refractivity contribution in [3.8, 4) is 0 Å². The Hall–Kier alpha value is -4.08. The van der Waals surface area contributed by atoms with Gasteiger partial charge in [0.05, 0.1) is 0 Å². The number of nitrogens with two attached hydrogens (primary N) is 1. The van der Waals surface area contributed by atoms with E-state index in [4.69, 9.17) is 5.73 Å². The standard InChI is InChI=1S/C47H59N3/c1-36-17-13-14-31-49(44-28-26-39(27-29-44)37(2)18-15-30-48)32-16-25-47(38(36)3)50(45-23-11-6-12-24-45)46-34-42(40-19-7-4-8-20-40)33-43(35-46)41-21-9-5-10-22-41/h4-9,11-14,16-17,19-21,23-26,28,37,42-43,46H,10,15,18,22,27,29-35,48H2,1-3H3/b14-13-,25-16-,36-17+,47-38-. The molecule has 6 rings (SSSR count). The van der Waals surface area contributed by atoms with Crippen molar-refractivity contribution in [2.75, 3.05) is 24.5 Å². The predicted octanol–water partition coefficient (Wildman–Crippen LogP) is 11.3. The van der Waals surface area contributed by atoms with Crippen molar-refractivity contribution in [3.63, 3.8) is 0 Å². The highest BCUT2D eigenvalue weighted by Gasteiger charge is 2.36. The highest BCUT2D eigenvalue weighted by atomic mass is 15.2. The summed E-state index contributed by atoms with van der Waals surface area (Å²) < 4.78 is 0. The molecule has 3 heteroatoms. The zero-order valence-corrected chi connectivity index (χ0v) is 30.8. The first-order valence-corrected chi connectivity index (χ1v) is 19.3. The van der Waals surface area contributed by atoms with Gasteiger partial charge in [-0.15, -0.1) is 0 Å². The molecule has 3 aliphatic carbocycles. The molecule has 1 fully saturated rings. The van der Waals surface area contributed by atoms with Crippen molar-refractivity contribution in [1.29, 1.82) is 0 Å². The van der Waals surface area contributed by atoms with Gasteiger partial charge < -0.3 is 15.5 Å². The summed E-state index contributed by atoms with van der Waals surface area (Å²) in [7, 11) is 0.